The van der Waals surface area contributed by atoms with Crippen LogP contribution in [0, 0.1) is 0 Å². The van der Waals surface area contributed by atoms with Gasteiger partial charge in [0.2, 0.25) is 5.91 Å². The van der Waals surface area contributed by atoms with E-state index < -0.39 is 5.91 Å². The second-order valence-electron chi connectivity index (χ2n) is 2.83. The van der Waals surface area contributed by atoms with Crippen molar-refractivity contribution in [1.29, 1.82) is 0 Å². The van der Waals surface area contributed by atoms with Crippen LogP contribution in [0.3, 0.4) is 0 Å². The molecule has 13 heavy (non-hydrogen) atoms. The summed E-state index contributed by atoms with van der Waals surface area (Å²) in [5.74, 6) is -0.437. The molecule has 0 spiro atoms. The monoisotopic (exact) mass is 186 g/mol. The van der Waals surface area contributed by atoms with Gasteiger partial charge in [0, 0.05) is 25.4 Å². The first-order chi connectivity index (χ1) is 6.27. The summed E-state index contributed by atoms with van der Waals surface area (Å²) in [5.41, 5.74) is 4.88. The Labute approximate surface area is 78.8 Å². The Morgan fingerprint density at radius 3 is 2.62 bits per heavy atom. The van der Waals surface area contributed by atoms with Crippen LogP contribution in [0.5, 0.6) is 0 Å². The fourth-order valence-corrected chi connectivity index (χ4v) is 0.917. The van der Waals surface area contributed by atoms with Crippen LogP contribution in [0.15, 0.2) is 12.3 Å². The third kappa shape index (κ3) is 11.0. The van der Waals surface area contributed by atoms with Crippen LogP contribution in [-0.2, 0) is 4.79 Å². The summed E-state index contributed by atoms with van der Waals surface area (Å²) in [6, 6.07) is 0. The molecule has 0 aromatic rings. The number of carbonyl (C=O) groups is 1. The Balaban J connectivity index is 3.03. The number of hydrogen-bond donors (Lipinski definition) is 3. The van der Waals surface area contributed by atoms with Crippen LogP contribution in [0.4, 0.5) is 0 Å². The largest absolute Gasteiger partial charge is 0.396 e. The number of hydrogen-bond acceptors (Lipinski definition) is 3. The van der Waals surface area contributed by atoms with Crippen molar-refractivity contribution in [3.05, 3.63) is 12.3 Å². The van der Waals surface area contributed by atoms with Crippen molar-refractivity contribution in [2.75, 3.05) is 13.2 Å². The van der Waals surface area contributed by atoms with Gasteiger partial charge in [-0.25, -0.2) is 0 Å². The van der Waals surface area contributed by atoms with Crippen LogP contribution >= 0.6 is 0 Å². The predicted octanol–water partition coefficient (Wildman–Crippen LogP) is 0.128. The summed E-state index contributed by atoms with van der Waals surface area (Å²) >= 11 is 0. The molecule has 4 nitrogen and oxygen atoms in total. The van der Waals surface area contributed by atoms with E-state index in [1.807, 2.05) is 0 Å². The third-order valence-corrected chi connectivity index (χ3v) is 1.59. The first-order valence-corrected chi connectivity index (χ1v) is 4.57. The first-order valence-electron chi connectivity index (χ1n) is 4.57. The molecule has 0 aromatic carbocycles. The van der Waals surface area contributed by atoms with E-state index in [1.165, 1.54) is 6.08 Å². The molecule has 4 N–H and O–H groups in total. The average molecular weight is 186 g/mol. The highest BCUT2D eigenvalue weighted by molar-refractivity contribution is 5.85. The van der Waals surface area contributed by atoms with Crippen LogP contribution in [-0.4, -0.2) is 24.2 Å². The molecule has 1 amide bonds. The summed E-state index contributed by atoms with van der Waals surface area (Å²) in [5, 5.41) is 11.4. The molecule has 0 fully saturated rings. The standard InChI is InChI=1S/C9H18N2O2/c10-9(13)5-7-11-6-3-1-2-4-8-12/h5,7,11-12H,1-4,6,8H2,(H2,10,13)/b7-5-. The van der Waals surface area contributed by atoms with E-state index in [-0.39, 0.29) is 6.61 Å². The average Bonchev–Trinajstić information content (AvgIpc) is 2.09. The van der Waals surface area contributed by atoms with Crippen molar-refractivity contribution >= 4 is 5.91 Å². The Kier molecular flexibility index (Phi) is 8.34. The maximum absolute atomic E-state index is 10.2. The number of primary amides is 1. The lowest BCUT2D eigenvalue weighted by molar-refractivity contribution is -0.113. The molecule has 0 bridgehead atoms. The van der Waals surface area contributed by atoms with Gasteiger partial charge in [-0.15, -0.1) is 0 Å². The maximum atomic E-state index is 10.2. The lowest BCUT2D eigenvalue weighted by Crippen LogP contribution is -2.11. The summed E-state index contributed by atoms with van der Waals surface area (Å²) in [6.07, 6.45) is 6.93. The highest BCUT2D eigenvalue weighted by Crippen LogP contribution is 1.97. The van der Waals surface area contributed by atoms with E-state index in [4.69, 9.17) is 10.8 Å². The van der Waals surface area contributed by atoms with Gasteiger partial charge in [0.05, 0.1) is 0 Å². The van der Waals surface area contributed by atoms with Crippen LogP contribution < -0.4 is 11.1 Å². The van der Waals surface area contributed by atoms with E-state index in [0.29, 0.717) is 0 Å². The van der Waals surface area contributed by atoms with Crippen molar-refractivity contribution in [2.45, 2.75) is 25.7 Å². The summed E-state index contributed by atoms with van der Waals surface area (Å²) in [4.78, 5) is 10.2. The Bertz CT molecular complexity index is 158. The zero-order valence-electron chi connectivity index (χ0n) is 7.83. The third-order valence-electron chi connectivity index (χ3n) is 1.59. The van der Waals surface area contributed by atoms with E-state index in [1.54, 1.807) is 6.20 Å². The van der Waals surface area contributed by atoms with Gasteiger partial charge in [-0.3, -0.25) is 4.79 Å². The van der Waals surface area contributed by atoms with Gasteiger partial charge in [0.1, 0.15) is 0 Å². The second kappa shape index (κ2) is 9.06. The number of aliphatic hydroxyl groups is 1. The molecule has 4 heteroatoms. The molecule has 0 radical (unpaired) electrons. The molecule has 0 aliphatic rings. The number of nitrogens with two attached hydrogens (primary N) is 1. The molecular formula is C9H18N2O2. The van der Waals surface area contributed by atoms with E-state index >= 15 is 0 Å². The molecule has 0 heterocycles. The smallest absolute Gasteiger partial charge is 0.242 e. The number of amides is 1. The summed E-state index contributed by atoms with van der Waals surface area (Å²) < 4.78 is 0. The van der Waals surface area contributed by atoms with Crippen molar-refractivity contribution in [3.63, 3.8) is 0 Å². The molecule has 0 aliphatic carbocycles. The van der Waals surface area contributed by atoms with Crippen LogP contribution in [0.1, 0.15) is 25.7 Å². The number of aliphatic hydroxyl groups excluding tert-OH is 1. The number of carbonyl (C=O) groups excluding carboxylic acids is 1. The molecule has 0 aliphatic heterocycles. The molecule has 0 unspecified atom stereocenters. The molecule has 76 valence electrons. The van der Waals surface area contributed by atoms with Crippen molar-refractivity contribution in [2.24, 2.45) is 5.73 Å². The zero-order chi connectivity index (χ0) is 9.94. The lowest BCUT2D eigenvalue weighted by Gasteiger charge is -1.99. The first kappa shape index (κ1) is 12.0. The molecular weight excluding hydrogens is 168 g/mol. The number of rotatable bonds is 8. The minimum Gasteiger partial charge on any atom is -0.396 e. The van der Waals surface area contributed by atoms with Crippen molar-refractivity contribution in [1.82, 2.24) is 5.32 Å². The molecule has 0 saturated carbocycles. The number of nitrogens with one attached hydrogen (secondary N) is 1. The van der Waals surface area contributed by atoms with E-state index in [2.05, 4.69) is 5.32 Å². The number of unbranched alkanes of at least 4 members (excludes halogenated alkanes) is 3. The van der Waals surface area contributed by atoms with Gasteiger partial charge in [-0.2, -0.15) is 0 Å². The fourth-order valence-electron chi connectivity index (χ4n) is 0.917. The molecule has 0 atom stereocenters. The SMILES string of the molecule is NC(=O)/C=C\NCCCCCCO. The van der Waals surface area contributed by atoms with E-state index in [0.717, 1.165) is 32.2 Å². The van der Waals surface area contributed by atoms with E-state index in [9.17, 15) is 4.79 Å². The van der Waals surface area contributed by atoms with Crippen molar-refractivity contribution < 1.29 is 9.90 Å². The van der Waals surface area contributed by atoms with Gasteiger partial charge in [-0.1, -0.05) is 12.8 Å². The highest BCUT2D eigenvalue weighted by Gasteiger charge is 1.87. The molecule has 0 saturated heterocycles. The Morgan fingerprint density at radius 1 is 1.31 bits per heavy atom. The molecule has 0 aromatic heterocycles. The highest BCUT2D eigenvalue weighted by atomic mass is 16.2. The fraction of sp³-hybridized carbons (Fsp3) is 0.667. The Hall–Kier alpha value is -1.03. The minimum absolute atomic E-state index is 0.273. The summed E-state index contributed by atoms with van der Waals surface area (Å²) in [7, 11) is 0. The maximum Gasteiger partial charge on any atom is 0.242 e. The van der Waals surface area contributed by atoms with Gasteiger partial charge in [-0.05, 0) is 12.8 Å². The quantitative estimate of drug-likeness (QED) is 0.372. The minimum atomic E-state index is -0.437. The topological polar surface area (TPSA) is 75.4 Å². The summed E-state index contributed by atoms with van der Waals surface area (Å²) in [6.45, 7) is 1.12. The van der Waals surface area contributed by atoms with Gasteiger partial charge in [0.15, 0.2) is 0 Å². The van der Waals surface area contributed by atoms with Gasteiger partial charge < -0.3 is 16.2 Å². The van der Waals surface area contributed by atoms with Crippen molar-refractivity contribution in [3.8, 4) is 0 Å². The second-order valence-corrected chi connectivity index (χ2v) is 2.83. The Morgan fingerprint density at radius 2 is 2.00 bits per heavy atom. The predicted molar refractivity (Wildman–Crippen MR) is 51.9 cm³/mol. The molecule has 0 rings (SSSR count). The van der Waals surface area contributed by atoms with Crippen LogP contribution in [0.2, 0.25) is 0 Å². The van der Waals surface area contributed by atoms with Gasteiger partial charge in [0.25, 0.3) is 0 Å². The van der Waals surface area contributed by atoms with Gasteiger partial charge >= 0.3 is 0 Å². The normalized spacial score (nSPS) is 10.5. The zero-order valence-corrected chi connectivity index (χ0v) is 7.83. The lowest BCUT2D eigenvalue weighted by atomic mass is 10.2. The van der Waals surface area contributed by atoms with Crippen LogP contribution in [0.25, 0.3) is 0 Å².